The van der Waals surface area contributed by atoms with E-state index in [0.29, 0.717) is 49.0 Å². The van der Waals surface area contributed by atoms with Gasteiger partial charge < -0.3 is 5.11 Å². The molecule has 0 aliphatic heterocycles. The number of halogens is 4. The molecule has 0 amide bonds. The summed E-state index contributed by atoms with van der Waals surface area (Å²) in [5.74, 6) is -0.224. The molecule has 30 heavy (non-hydrogen) atoms. The van der Waals surface area contributed by atoms with Crippen LogP contribution in [0.25, 0.3) is 10.9 Å². The molecule has 2 aromatic heterocycles. The van der Waals surface area contributed by atoms with Gasteiger partial charge in [-0.25, -0.2) is 0 Å². The highest BCUT2D eigenvalue weighted by Crippen LogP contribution is 2.41. The molecule has 2 aromatic carbocycles. The van der Waals surface area contributed by atoms with Crippen molar-refractivity contribution in [2.24, 2.45) is 0 Å². The molecule has 4 aromatic rings. The average Bonchev–Trinajstić information content (AvgIpc) is 2.71. The minimum absolute atomic E-state index is 0.103. The number of benzene rings is 2. The Morgan fingerprint density at radius 1 is 0.900 bits per heavy atom. The van der Waals surface area contributed by atoms with Crippen molar-refractivity contribution >= 4 is 57.3 Å². The number of hydrogen-bond donors (Lipinski definition) is 1. The van der Waals surface area contributed by atoms with Gasteiger partial charge in [-0.15, -0.1) is 0 Å². The Hall–Kier alpha value is -2.04. The summed E-state index contributed by atoms with van der Waals surface area (Å²) < 4.78 is 0. The molecule has 1 atom stereocenters. The summed E-state index contributed by atoms with van der Waals surface area (Å²) >= 11 is 25.3. The SMILES string of the molecule is Cc1nc(CC(c2ccc(Cl)cc2Cl)c2ccc3cccnc3c2O)c(Cl)cc1Cl. The quantitative estimate of drug-likeness (QED) is 0.328. The van der Waals surface area contributed by atoms with Crippen LogP contribution in [0.4, 0.5) is 0 Å². The van der Waals surface area contributed by atoms with E-state index >= 15 is 0 Å². The Labute approximate surface area is 194 Å². The molecule has 0 spiro atoms. The van der Waals surface area contributed by atoms with Crippen LogP contribution >= 0.6 is 46.4 Å². The Morgan fingerprint density at radius 2 is 1.67 bits per heavy atom. The first-order valence-corrected chi connectivity index (χ1v) is 10.7. The van der Waals surface area contributed by atoms with Crippen LogP contribution in [0.5, 0.6) is 5.75 Å². The lowest BCUT2D eigenvalue weighted by molar-refractivity contribution is 0.469. The van der Waals surface area contributed by atoms with Crippen LogP contribution in [0.1, 0.15) is 28.4 Å². The smallest absolute Gasteiger partial charge is 0.145 e. The Kier molecular flexibility index (Phi) is 6.08. The lowest BCUT2D eigenvalue weighted by Crippen LogP contribution is -2.09. The minimum Gasteiger partial charge on any atom is -0.505 e. The van der Waals surface area contributed by atoms with Crippen molar-refractivity contribution in [1.29, 1.82) is 0 Å². The standard InChI is InChI=1S/C23H16Cl4N2O/c1-12-18(25)11-20(27)21(29-12)10-17(15-7-5-14(24)9-19(15)26)16-6-4-13-3-2-8-28-22(13)23(16)30/h2-9,11,17,30H,10H2,1H3. The van der Waals surface area contributed by atoms with Crippen LogP contribution in [-0.2, 0) is 6.42 Å². The van der Waals surface area contributed by atoms with Crippen molar-refractivity contribution in [2.45, 2.75) is 19.3 Å². The number of fused-ring (bicyclic) bond motifs is 1. The first-order chi connectivity index (χ1) is 14.3. The van der Waals surface area contributed by atoms with E-state index in [2.05, 4.69) is 9.97 Å². The molecular weight excluding hydrogens is 462 g/mol. The summed E-state index contributed by atoms with van der Waals surface area (Å²) in [6, 6.07) is 14.5. The lowest BCUT2D eigenvalue weighted by Gasteiger charge is -2.22. The number of pyridine rings is 2. The van der Waals surface area contributed by atoms with Crippen molar-refractivity contribution in [3.05, 3.63) is 97.3 Å². The number of hydrogen-bond acceptors (Lipinski definition) is 3. The molecule has 3 nitrogen and oxygen atoms in total. The monoisotopic (exact) mass is 476 g/mol. The third-order valence-corrected chi connectivity index (χ3v) is 6.34. The first kappa shape index (κ1) is 21.2. The molecule has 0 aliphatic rings. The molecule has 0 radical (unpaired) electrons. The maximum atomic E-state index is 11.1. The Balaban J connectivity index is 1.91. The minimum atomic E-state index is -0.327. The molecular formula is C23H16Cl4N2O. The Morgan fingerprint density at radius 3 is 2.43 bits per heavy atom. The third-order valence-electron chi connectivity index (χ3n) is 5.07. The normalized spacial score (nSPS) is 12.3. The summed E-state index contributed by atoms with van der Waals surface area (Å²) in [7, 11) is 0. The fraction of sp³-hybridized carbons (Fsp3) is 0.130. The van der Waals surface area contributed by atoms with Gasteiger partial charge >= 0.3 is 0 Å². The maximum Gasteiger partial charge on any atom is 0.145 e. The second kappa shape index (κ2) is 8.60. The number of nitrogens with zero attached hydrogens (tertiary/aromatic N) is 2. The highest BCUT2D eigenvalue weighted by Gasteiger charge is 2.24. The topological polar surface area (TPSA) is 46.0 Å². The van der Waals surface area contributed by atoms with Gasteiger partial charge in [-0.05, 0) is 36.8 Å². The molecule has 0 saturated heterocycles. The molecule has 0 saturated carbocycles. The van der Waals surface area contributed by atoms with Gasteiger partial charge in [0.05, 0.1) is 21.4 Å². The largest absolute Gasteiger partial charge is 0.505 e. The summed E-state index contributed by atoms with van der Waals surface area (Å²) in [5.41, 5.74) is 3.35. The molecule has 0 fully saturated rings. The number of phenolic OH excluding ortho intramolecular Hbond substituents is 1. The van der Waals surface area contributed by atoms with E-state index in [1.807, 2.05) is 37.3 Å². The average molecular weight is 478 g/mol. The Bertz CT molecular complexity index is 1260. The van der Waals surface area contributed by atoms with E-state index in [4.69, 9.17) is 46.4 Å². The number of aryl methyl sites for hydroxylation is 1. The number of phenols is 1. The van der Waals surface area contributed by atoms with E-state index in [0.717, 1.165) is 10.9 Å². The summed E-state index contributed by atoms with van der Waals surface area (Å²) in [6.45, 7) is 1.82. The zero-order chi connectivity index (χ0) is 21.4. The van der Waals surface area contributed by atoms with Crippen LogP contribution in [0.15, 0.2) is 54.7 Å². The van der Waals surface area contributed by atoms with Crippen LogP contribution < -0.4 is 0 Å². The number of rotatable bonds is 4. The van der Waals surface area contributed by atoms with Crippen LogP contribution in [0, 0.1) is 6.92 Å². The first-order valence-electron chi connectivity index (χ1n) is 9.18. The van der Waals surface area contributed by atoms with E-state index in [9.17, 15) is 5.11 Å². The highest BCUT2D eigenvalue weighted by atomic mass is 35.5. The van der Waals surface area contributed by atoms with E-state index < -0.39 is 0 Å². The molecule has 0 aliphatic carbocycles. The fourth-order valence-corrected chi connectivity index (χ4v) is 4.52. The highest BCUT2D eigenvalue weighted by molar-refractivity contribution is 6.35. The van der Waals surface area contributed by atoms with Gasteiger partial charge in [0.2, 0.25) is 0 Å². The van der Waals surface area contributed by atoms with Crippen LogP contribution in [-0.4, -0.2) is 15.1 Å². The predicted molar refractivity (Wildman–Crippen MR) is 124 cm³/mol. The van der Waals surface area contributed by atoms with Crippen molar-refractivity contribution in [1.82, 2.24) is 9.97 Å². The number of aromatic hydroxyl groups is 1. The van der Waals surface area contributed by atoms with Crippen molar-refractivity contribution in [2.75, 3.05) is 0 Å². The predicted octanol–water partition coefficient (Wildman–Crippen LogP) is 7.63. The van der Waals surface area contributed by atoms with Crippen molar-refractivity contribution in [3.8, 4) is 5.75 Å². The van der Waals surface area contributed by atoms with Gasteiger partial charge in [-0.1, -0.05) is 70.7 Å². The van der Waals surface area contributed by atoms with Gasteiger partial charge in [-0.3, -0.25) is 9.97 Å². The van der Waals surface area contributed by atoms with Gasteiger partial charge in [0.25, 0.3) is 0 Å². The molecule has 152 valence electrons. The summed E-state index contributed by atoms with van der Waals surface area (Å²) in [4.78, 5) is 8.91. The number of aromatic nitrogens is 2. The summed E-state index contributed by atoms with van der Waals surface area (Å²) in [5, 5.41) is 13.9. The molecule has 0 bridgehead atoms. The molecule has 2 heterocycles. The second-order valence-corrected chi connectivity index (χ2v) is 8.64. The van der Waals surface area contributed by atoms with Crippen molar-refractivity contribution in [3.63, 3.8) is 0 Å². The van der Waals surface area contributed by atoms with Crippen molar-refractivity contribution < 1.29 is 5.11 Å². The zero-order valence-corrected chi connectivity index (χ0v) is 18.9. The second-order valence-electron chi connectivity index (χ2n) is 6.99. The van der Waals surface area contributed by atoms with E-state index in [1.54, 1.807) is 24.4 Å². The van der Waals surface area contributed by atoms with Gasteiger partial charge in [0.1, 0.15) is 11.3 Å². The van der Waals surface area contributed by atoms with E-state index in [-0.39, 0.29) is 11.7 Å². The zero-order valence-electron chi connectivity index (χ0n) is 15.8. The van der Waals surface area contributed by atoms with Crippen LogP contribution in [0.3, 0.4) is 0 Å². The molecule has 1 N–H and O–H groups in total. The van der Waals surface area contributed by atoms with Gasteiger partial charge in [-0.2, -0.15) is 0 Å². The lowest BCUT2D eigenvalue weighted by atomic mass is 9.86. The maximum absolute atomic E-state index is 11.1. The van der Waals surface area contributed by atoms with Crippen LogP contribution in [0.2, 0.25) is 20.1 Å². The molecule has 7 heteroatoms. The summed E-state index contributed by atoms with van der Waals surface area (Å²) in [6.07, 6.45) is 2.06. The fourth-order valence-electron chi connectivity index (χ4n) is 3.54. The molecule has 4 rings (SSSR count). The van der Waals surface area contributed by atoms with Gasteiger partial charge in [0, 0.05) is 39.5 Å². The molecule has 1 unspecified atom stereocenters. The van der Waals surface area contributed by atoms with E-state index in [1.165, 1.54) is 0 Å². The van der Waals surface area contributed by atoms with Gasteiger partial charge in [0.15, 0.2) is 0 Å². The third kappa shape index (κ3) is 4.08.